The average Bonchev–Trinajstić information content (AvgIpc) is 3.32. The second-order valence-corrected chi connectivity index (χ2v) is 9.03. The summed E-state index contributed by atoms with van der Waals surface area (Å²) in [4.78, 5) is 14.5. The Morgan fingerprint density at radius 1 is 1.12 bits per heavy atom. The number of para-hydroxylation sites is 1. The van der Waals surface area contributed by atoms with Crippen molar-refractivity contribution >= 4 is 17.7 Å². The third-order valence-electron chi connectivity index (χ3n) is 5.61. The molecular formula is C25H31N5O3S. The van der Waals surface area contributed by atoms with E-state index in [1.165, 1.54) is 0 Å². The molecule has 1 aromatic heterocycles. The molecule has 1 aliphatic rings. The Morgan fingerprint density at radius 3 is 2.74 bits per heavy atom. The van der Waals surface area contributed by atoms with Crippen molar-refractivity contribution in [2.24, 2.45) is 0 Å². The SMILES string of the molecule is COc1cccc(-c2nnc(SCCCC(=O)NCCN3CCOCC3)n2-c2ccccc2)c1. The number of benzene rings is 2. The Bertz CT molecular complexity index is 1050. The van der Waals surface area contributed by atoms with Gasteiger partial charge in [0.05, 0.1) is 20.3 Å². The van der Waals surface area contributed by atoms with E-state index in [0.29, 0.717) is 13.0 Å². The molecule has 0 unspecified atom stereocenters. The van der Waals surface area contributed by atoms with Crippen LogP contribution in [-0.2, 0) is 9.53 Å². The Kier molecular flexibility index (Phi) is 8.95. The van der Waals surface area contributed by atoms with Gasteiger partial charge in [-0.2, -0.15) is 0 Å². The summed E-state index contributed by atoms with van der Waals surface area (Å²) in [6.45, 7) is 4.98. The Labute approximate surface area is 204 Å². The fourth-order valence-corrected chi connectivity index (χ4v) is 4.68. The zero-order valence-corrected chi connectivity index (χ0v) is 20.3. The number of rotatable bonds is 11. The molecule has 9 heteroatoms. The molecule has 3 aromatic rings. The highest BCUT2D eigenvalue weighted by molar-refractivity contribution is 7.99. The molecule has 8 nitrogen and oxygen atoms in total. The number of ether oxygens (including phenoxy) is 2. The first-order valence-electron chi connectivity index (χ1n) is 11.6. The summed E-state index contributed by atoms with van der Waals surface area (Å²) in [5.74, 6) is 2.40. The van der Waals surface area contributed by atoms with Crippen LogP contribution in [0.15, 0.2) is 59.8 Å². The lowest BCUT2D eigenvalue weighted by molar-refractivity contribution is -0.121. The summed E-state index contributed by atoms with van der Waals surface area (Å²) in [5, 5.41) is 12.8. The minimum absolute atomic E-state index is 0.0930. The van der Waals surface area contributed by atoms with Crippen molar-refractivity contribution < 1.29 is 14.3 Å². The number of carbonyl (C=O) groups is 1. The van der Waals surface area contributed by atoms with E-state index >= 15 is 0 Å². The molecule has 1 fully saturated rings. The van der Waals surface area contributed by atoms with Crippen LogP contribution in [0, 0.1) is 0 Å². The summed E-state index contributed by atoms with van der Waals surface area (Å²) < 4.78 is 12.8. The zero-order valence-electron chi connectivity index (χ0n) is 19.5. The predicted octanol–water partition coefficient (Wildman–Crippen LogP) is 3.26. The first-order valence-corrected chi connectivity index (χ1v) is 12.6. The molecular weight excluding hydrogens is 450 g/mol. The fraction of sp³-hybridized carbons (Fsp3) is 0.400. The van der Waals surface area contributed by atoms with Crippen LogP contribution in [0.2, 0.25) is 0 Å². The summed E-state index contributed by atoms with van der Waals surface area (Å²) in [6, 6.07) is 17.9. The van der Waals surface area contributed by atoms with Crippen LogP contribution < -0.4 is 10.1 Å². The van der Waals surface area contributed by atoms with Gasteiger partial charge < -0.3 is 14.8 Å². The second kappa shape index (κ2) is 12.5. The number of morpholine rings is 1. The number of nitrogens with zero attached hydrogens (tertiary/aromatic N) is 4. The van der Waals surface area contributed by atoms with E-state index in [9.17, 15) is 4.79 Å². The van der Waals surface area contributed by atoms with Crippen LogP contribution in [0.25, 0.3) is 17.1 Å². The van der Waals surface area contributed by atoms with Crippen molar-refractivity contribution in [3.05, 3.63) is 54.6 Å². The molecule has 34 heavy (non-hydrogen) atoms. The van der Waals surface area contributed by atoms with Crippen LogP contribution >= 0.6 is 11.8 Å². The Morgan fingerprint density at radius 2 is 1.94 bits per heavy atom. The molecule has 1 saturated heterocycles. The number of nitrogens with one attached hydrogen (secondary N) is 1. The third-order valence-corrected chi connectivity index (χ3v) is 6.62. The Hall–Kier alpha value is -2.88. The molecule has 0 atom stereocenters. The maximum Gasteiger partial charge on any atom is 0.220 e. The van der Waals surface area contributed by atoms with Crippen molar-refractivity contribution in [3.8, 4) is 22.8 Å². The number of hydrogen-bond donors (Lipinski definition) is 1. The number of aromatic nitrogens is 3. The number of hydrogen-bond acceptors (Lipinski definition) is 7. The highest BCUT2D eigenvalue weighted by Gasteiger charge is 2.17. The van der Waals surface area contributed by atoms with E-state index in [4.69, 9.17) is 9.47 Å². The van der Waals surface area contributed by atoms with E-state index < -0.39 is 0 Å². The highest BCUT2D eigenvalue weighted by Crippen LogP contribution is 2.30. The number of methoxy groups -OCH3 is 1. The van der Waals surface area contributed by atoms with Crippen LogP contribution in [0.1, 0.15) is 12.8 Å². The molecule has 1 amide bonds. The standard InChI is InChI=1S/C25H31N5O3S/c1-32-22-10-5-7-20(19-22)24-27-28-25(30(24)21-8-3-2-4-9-21)34-18-6-11-23(31)26-12-13-29-14-16-33-17-15-29/h2-5,7-10,19H,6,11-18H2,1H3,(H,26,31). The van der Waals surface area contributed by atoms with Gasteiger partial charge in [-0.25, -0.2) is 0 Å². The smallest absolute Gasteiger partial charge is 0.220 e. The van der Waals surface area contributed by atoms with Gasteiger partial charge in [-0.15, -0.1) is 10.2 Å². The van der Waals surface area contributed by atoms with Crippen LogP contribution in [-0.4, -0.2) is 77.8 Å². The fourth-order valence-electron chi connectivity index (χ4n) is 3.79. The average molecular weight is 482 g/mol. The molecule has 2 aromatic carbocycles. The van der Waals surface area contributed by atoms with Crippen LogP contribution in [0.4, 0.5) is 0 Å². The van der Waals surface area contributed by atoms with Crippen molar-refractivity contribution in [1.29, 1.82) is 0 Å². The van der Waals surface area contributed by atoms with Gasteiger partial charge in [-0.1, -0.05) is 42.1 Å². The lowest BCUT2D eigenvalue weighted by Gasteiger charge is -2.26. The van der Waals surface area contributed by atoms with Gasteiger partial charge in [0, 0.05) is 49.6 Å². The normalized spacial score (nSPS) is 14.1. The number of carbonyl (C=O) groups excluding carboxylic acids is 1. The number of thioether (sulfide) groups is 1. The largest absolute Gasteiger partial charge is 0.497 e. The van der Waals surface area contributed by atoms with Crippen molar-refractivity contribution in [2.75, 3.05) is 52.3 Å². The molecule has 1 aliphatic heterocycles. The first kappa shape index (κ1) is 24.3. The predicted molar refractivity (Wildman–Crippen MR) is 134 cm³/mol. The molecule has 2 heterocycles. The summed E-state index contributed by atoms with van der Waals surface area (Å²) >= 11 is 1.61. The topological polar surface area (TPSA) is 81.5 Å². The lowest BCUT2D eigenvalue weighted by atomic mass is 10.2. The molecule has 0 radical (unpaired) electrons. The van der Waals surface area contributed by atoms with Crippen LogP contribution in [0.5, 0.6) is 5.75 Å². The van der Waals surface area contributed by atoms with E-state index in [1.807, 2.05) is 54.6 Å². The molecule has 180 valence electrons. The Balaban J connectivity index is 1.33. The summed E-state index contributed by atoms with van der Waals surface area (Å²) in [7, 11) is 1.65. The van der Waals surface area contributed by atoms with Gasteiger partial charge in [0.15, 0.2) is 11.0 Å². The maximum absolute atomic E-state index is 12.2. The van der Waals surface area contributed by atoms with Crippen molar-refractivity contribution in [3.63, 3.8) is 0 Å². The minimum atomic E-state index is 0.0930. The maximum atomic E-state index is 12.2. The summed E-state index contributed by atoms with van der Waals surface area (Å²) in [5.41, 5.74) is 1.93. The van der Waals surface area contributed by atoms with E-state index in [-0.39, 0.29) is 5.91 Å². The minimum Gasteiger partial charge on any atom is -0.497 e. The van der Waals surface area contributed by atoms with Gasteiger partial charge in [0.2, 0.25) is 5.91 Å². The molecule has 4 rings (SSSR count). The van der Waals surface area contributed by atoms with Gasteiger partial charge in [0.25, 0.3) is 0 Å². The molecule has 0 spiro atoms. The summed E-state index contributed by atoms with van der Waals surface area (Å²) in [6.07, 6.45) is 1.27. The monoisotopic (exact) mass is 481 g/mol. The van der Waals surface area contributed by atoms with Crippen molar-refractivity contribution in [1.82, 2.24) is 25.0 Å². The second-order valence-electron chi connectivity index (χ2n) is 7.97. The zero-order chi connectivity index (χ0) is 23.6. The third kappa shape index (κ3) is 6.59. The molecule has 1 N–H and O–H groups in total. The molecule has 0 bridgehead atoms. The van der Waals surface area contributed by atoms with Gasteiger partial charge >= 0.3 is 0 Å². The van der Waals surface area contributed by atoms with Gasteiger partial charge in [-0.3, -0.25) is 14.3 Å². The lowest BCUT2D eigenvalue weighted by Crippen LogP contribution is -2.41. The van der Waals surface area contributed by atoms with Crippen molar-refractivity contribution in [2.45, 2.75) is 18.0 Å². The van der Waals surface area contributed by atoms with E-state index in [1.54, 1.807) is 18.9 Å². The molecule has 0 aliphatic carbocycles. The molecule has 0 saturated carbocycles. The van der Waals surface area contributed by atoms with Gasteiger partial charge in [0.1, 0.15) is 5.75 Å². The van der Waals surface area contributed by atoms with Crippen LogP contribution in [0.3, 0.4) is 0 Å². The number of amides is 1. The van der Waals surface area contributed by atoms with E-state index in [2.05, 4.69) is 25.0 Å². The highest BCUT2D eigenvalue weighted by atomic mass is 32.2. The quantitative estimate of drug-likeness (QED) is 0.333. The first-order chi connectivity index (χ1) is 16.7. The van der Waals surface area contributed by atoms with E-state index in [0.717, 1.165) is 73.0 Å². The van der Waals surface area contributed by atoms with Gasteiger partial charge in [-0.05, 0) is 30.7 Å².